The monoisotopic (exact) mass is 367 g/mol. The second-order valence-electron chi connectivity index (χ2n) is 6.12. The Kier molecular flexibility index (Phi) is 6.24. The number of nitrogens with zero attached hydrogens (tertiary/aromatic N) is 3. The Morgan fingerprint density at radius 3 is 2.86 bits per heavy atom. The molecule has 1 saturated carbocycles. The quantitative estimate of drug-likeness (QED) is 0.557. The van der Waals surface area contributed by atoms with E-state index >= 15 is 0 Å². The lowest BCUT2D eigenvalue weighted by Gasteiger charge is -2.29. The number of aliphatic imine (C=N–C) groups is 1. The van der Waals surface area contributed by atoms with Gasteiger partial charge < -0.3 is 9.64 Å². The summed E-state index contributed by atoms with van der Waals surface area (Å²) in [6.45, 7) is 7.26. The zero-order valence-corrected chi connectivity index (χ0v) is 15.6. The Morgan fingerprint density at radius 2 is 2.18 bits per heavy atom. The Hall–Kier alpha value is -1.10. The number of aryl methyl sites for hydroxylation is 1. The average Bonchev–Trinajstić information content (AvgIpc) is 2.51. The summed E-state index contributed by atoms with van der Waals surface area (Å²) in [5.74, 6) is 1.29. The van der Waals surface area contributed by atoms with Crippen molar-refractivity contribution in [3.8, 4) is 5.88 Å². The first-order valence-electron chi connectivity index (χ1n) is 8.09. The minimum atomic E-state index is 0.275. The normalized spacial score (nSPS) is 22.0. The van der Waals surface area contributed by atoms with Crippen molar-refractivity contribution in [2.45, 2.75) is 52.6 Å². The third kappa shape index (κ3) is 4.45. The molecule has 5 heteroatoms. The highest BCUT2D eigenvalue weighted by atomic mass is 79.9. The van der Waals surface area contributed by atoms with E-state index in [4.69, 9.17) is 4.74 Å². The van der Waals surface area contributed by atoms with Gasteiger partial charge in [0.2, 0.25) is 5.88 Å². The summed E-state index contributed by atoms with van der Waals surface area (Å²) in [5.41, 5.74) is 1.76. The molecule has 0 unspecified atom stereocenters. The lowest BCUT2D eigenvalue weighted by molar-refractivity contribution is 0.0966. The Labute approximate surface area is 142 Å². The SMILES string of the molecule is CCN(C)C=Nc1cc(Br)c(O[C@@H]2CCCC[C@@H]2C)nc1C. The van der Waals surface area contributed by atoms with Crippen molar-refractivity contribution in [1.82, 2.24) is 9.88 Å². The van der Waals surface area contributed by atoms with Gasteiger partial charge in [-0.2, -0.15) is 0 Å². The van der Waals surface area contributed by atoms with E-state index in [0.717, 1.165) is 28.8 Å². The van der Waals surface area contributed by atoms with Crippen LogP contribution >= 0.6 is 15.9 Å². The van der Waals surface area contributed by atoms with Crippen LogP contribution in [0.5, 0.6) is 5.88 Å². The first-order chi connectivity index (χ1) is 10.5. The molecule has 2 atom stereocenters. The summed E-state index contributed by atoms with van der Waals surface area (Å²) in [4.78, 5) is 11.1. The summed E-state index contributed by atoms with van der Waals surface area (Å²) in [6, 6.07) is 1.99. The summed E-state index contributed by atoms with van der Waals surface area (Å²) >= 11 is 3.58. The van der Waals surface area contributed by atoms with Gasteiger partial charge in [0.15, 0.2) is 0 Å². The van der Waals surface area contributed by atoms with Gasteiger partial charge in [-0.15, -0.1) is 0 Å². The number of hydrogen-bond donors (Lipinski definition) is 0. The number of ether oxygens (including phenoxy) is 1. The molecule has 0 saturated heterocycles. The van der Waals surface area contributed by atoms with Crippen LogP contribution in [-0.4, -0.2) is 35.9 Å². The van der Waals surface area contributed by atoms with Crippen LogP contribution in [0, 0.1) is 12.8 Å². The first-order valence-corrected chi connectivity index (χ1v) is 8.88. The van der Waals surface area contributed by atoms with Gasteiger partial charge in [-0.3, -0.25) is 0 Å². The van der Waals surface area contributed by atoms with Crippen molar-refractivity contribution in [1.29, 1.82) is 0 Å². The molecule has 1 aliphatic rings. The van der Waals surface area contributed by atoms with Crippen LogP contribution in [0.3, 0.4) is 0 Å². The van der Waals surface area contributed by atoms with Crippen LogP contribution < -0.4 is 4.74 Å². The predicted molar refractivity (Wildman–Crippen MR) is 95.2 cm³/mol. The standard InChI is InChI=1S/C17H26BrN3O/c1-5-21(4)11-19-15-10-14(18)17(20-13(15)3)22-16-9-7-6-8-12(16)2/h10-12,16H,5-9H2,1-4H3/t12-,16+/m0/s1. The molecular weight excluding hydrogens is 342 g/mol. The Bertz CT molecular complexity index is 533. The largest absolute Gasteiger partial charge is 0.473 e. The van der Waals surface area contributed by atoms with Crippen molar-refractivity contribution in [2.75, 3.05) is 13.6 Å². The van der Waals surface area contributed by atoms with Crippen molar-refractivity contribution in [2.24, 2.45) is 10.9 Å². The van der Waals surface area contributed by atoms with Crippen molar-refractivity contribution in [3.05, 3.63) is 16.2 Å². The molecule has 1 fully saturated rings. The molecule has 1 heterocycles. The van der Waals surface area contributed by atoms with E-state index in [1.807, 2.05) is 31.3 Å². The lowest BCUT2D eigenvalue weighted by atomic mass is 9.88. The number of aromatic nitrogens is 1. The molecule has 0 N–H and O–H groups in total. The first kappa shape index (κ1) is 17.3. The van der Waals surface area contributed by atoms with Crippen molar-refractivity contribution < 1.29 is 4.74 Å². The van der Waals surface area contributed by atoms with Gasteiger partial charge >= 0.3 is 0 Å². The molecule has 122 valence electrons. The van der Waals surface area contributed by atoms with Crippen LogP contribution in [-0.2, 0) is 0 Å². The van der Waals surface area contributed by atoms with E-state index < -0.39 is 0 Å². The molecule has 0 radical (unpaired) electrons. The van der Waals surface area contributed by atoms with E-state index in [0.29, 0.717) is 11.8 Å². The topological polar surface area (TPSA) is 37.7 Å². The highest BCUT2D eigenvalue weighted by molar-refractivity contribution is 9.10. The highest BCUT2D eigenvalue weighted by Crippen LogP contribution is 2.33. The highest BCUT2D eigenvalue weighted by Gasteiger charge is 2.24. The molecular formula is C17H26BrN3O. The van der Waals surface area contributed by atoms with Crippen LogP contribution in [0.4, 0.5) is 5.69 Å². The summed E-state index contributed by atoms with van der Waals surface area (Å²) < 4.78 is 7.04. The second-order valence-corrected chi connectivity index (χ2v) is 6.97. The molecule has 0 bridgehead atoms. The zero-order valence-electron chi connectivity index (χ0n) is 14.0. The maximum Gasteiger partial charge on any atom is 0.228 e. The fourth-order valence-corrected chi connectivity index (χ4v) is 3.00. The van der Waals surface area contributed by atoms with E-state index in [2.05, 4.69) is 39.8 Å². The van der Waals surface area contributed by atoms with Gasteiger partial charge in [0.25, 0.3) is 0 Å². The third-order valence-corrected chi connectivity index (χ3v) is 4.86. The smallest absolute Gasteiger partial charge is 0.228 e. The lowest BCUT2D eigenvalue weighted by Crippen LogP contribution is -2.28. The average molecular weight is 368 g/mol. The maximum atomic E-state index is 6.16. The van der Waals surface area contributed by atoms with Gasteiger partial charge in [-0.25, -0.2) is 9.98 Å². The molecule has 1 aliphatic carbocycles. The van der Waals surface area contributed by atoms with Gasteiger partial charge in [-0.1, -0.05) is 13.3 Å². The van der Waals surface area contributed by atoms with Crippen molar-refractivity contribution in [3.63, 3.8) is 0 Å². The molecule has 0 amide bonds. The van der Waals surface area contributed by atoms with Crippen LogP contribution in [0.2, 0.25) is 0 Å². The van der Waals surface area contributed by atoms with E-state index in [-0.39, 0.29) is 6.10 Å². The Morgan fingerprint density at radius 1 is 1.45 bits per heavy atom. The van der Waals surface area contributed by atoms with Crippen LogP contribution in [0.25, 0.3) is 0 Å². The van der Waals surface area contributed by atoms with E-state index in [1.54, 1.807) is 0 Å². The summed E-state index contributed by atoms with van der Waals surface area (Å²) in [7, 11) is 2.00. The molecule has 0 spiro atoms. The maximum absolute atomic E-state index is 6.16. The Balaban J connectivity index is 2.13. The molecule has 22 heavy (non-hydrogen) atoms. The zero-order chi connectivity index (χ0) is 16.1. The van der Waals surface area contributed by atoms with Gasteiger partial charge in [-0.05, 0) is 61.0 Å². The number of halogens is 1. The summed E-state index contributed by atoms with van der Waals surface area (Å²) in [5, 5.41) is 0. The minimum absolute atomic E-state index is 0.275. The molecule has 0 aromatic carbocycles. The molecule has 0 aliphatic heterocycles. The predicted octanol–water partition coefficient (Wildman–Crippen LogP) is 4.72. The second kappa shape index (κ2) is 7.95. The number of rotatable bonds is 5. The fourth-order valence-electron chi connectivity index (χ4n) is 2.61. The molecule has 1 aromatic rings. The number of hydrogen-bond acceptors (Lipinski definition) is 3. The van der Waals surface area contributed by atoms with Crippen molar-refractivity contribution >= 4 is 28.0 Å². The summed E-state index contributed by atoms with van der Waals surface area (Å²) in [6.07, 6.45) is 7.03. The van der Waals surface area contributed by atoms with Gasteiger partial charge in [0, 0.05) is 13.6 Å². The third-order valence-electron chi connectivity index (χ3n) is 4.30. The van der Waals surface area contributed by atoms with E-state index in [9.17, 15) is 0 Å². The van der Waals surface area contributed by atoms with Gasteiger partial charge in [0.1, 0.15) is 6.10 Å². The van der Waals surface area contributed by atoms with Crippen LogP contribution in [0.1, 0.15) is 45.2 Å². The molecule has 1 aromatic heterocycles. The van der Waals surface area contributed by atoms with Crippen LogP contribution in [0.15, 0.2) is 15.5 Å². The number of pyridine rings is 1. The van der Waals surface area contributed by atoms with Gasteiger partial charge in [0.05, 0.1) is 22.2 Å². The minimum Gasteiger partial charge on any atom is -0.473 e. The fraction of sp³-hybridized carbons (Fsp3) is 0.647. The molecule has 4 nitrogen and oxygen atoms in total. The van der Waals surface area contributed by atoms with E-state index in [1.165, 1.54) is 19.3 Å². The molecule has 2 rings (SSSR count).